The average Bonchev–Trinajstić information content (AvgIpc) is 2.77. The third kappa shape index (κ3) is 3.44. The first-order chi connectivity index (χ1) is 8.86. The highest BCUT2D eigenvalue weighted by atomic mass is 32.1. The summed E-state index contributed by atoms with van der Waals surface area (Å²) in [5, 5.41) is 4.21. The van der Waals surface area contributed by atoms with Crippen molar-refractivity contribution in [2.75, 3.05) is 11.1 Å². The van der Waals surface area contributed by atoms with Crippen molar-refractivity contribution in [2.24, 2.45) is 0 Å². The van der Waals surface area contributed by atoms with Crippen molar-refractivity contribution in [3.05, 3.63) is 35.7 Å². The number of nitrogens with two attached hydrogens (primary N) is 1. The minimum Gasteiger partial charge on any atom is -0.399 e. The quantitative estimate of drug-likeness (QED) is 0.841. The largest absolute Gasteiger partial charge is 0.399 e. The van der Waals surface area contributed by atoms with Crippen molar-refractivity contribution in [3.63, 3.8) is 0 Å². The average molecular weight is 276 g/mol. The van der Waals surface area contributed by atoms with E-state index in [1.165, 1.54) is 11.5 Å². The molecule has 0 aliphatic heterocycles. The maximum atomic E-state index is 5.80. The molecule has 4 nitrogen and oxygen atoms in total. The van der Waals surface area contributed by atoms with E-state index in [1.54, 1.807) is 0 Å². The Morgan fingerprint density at radius 2 is 2.05 bits per heavy atom. The van der Waals surface area contributed by atoms with Crippen molar-refractivity contribution >= 4 is 22.4 Å². The summed E-state index contributed by atoms with van der Waals surface area (Å²) in [4.78, 5) is 4.53. The topological polar surface area (TPSA) is 63.8 Å². The molecule has 1 aromatic carbocycles. The van der Waals surface area contributed by atoms with Gasteiger partial charge in [0.2, 0.25) is 5.13 Å². The Kier molecular flexibility index (Phi) is 3.75. The summed E-state index contributed by atoms with van der Waals surface area (Å²) < 4.78 is 4.40. The number of anilines is 2. The van der Waals surface area contributed by atoms with E-state index in [4.69, 9.17) is 5.73 Å². The smallest absolute Gasteiger partial charge is 0.203 e. The van der Waals surface area contributed by atoms with Crippen LogP contribution in [0.1, 0.15) is 45.1 Å². The summed E-state index contributed by atoms with van der Waals surface area (Å²) in [6.07, 6.45) is 0. The predicted octanol–water partition coefficient (Wildman–Crippen LogP) is 3.59. The lowest BCUT2D eigenvalue weighted by molar-refractivity contribution is 0.555. The summed E-state index contributed by atoms with van der Waals surface area (Å²) in [5.74, 6) is 0.875. The lowest BCUT2D eigenvalue weighted by Crippen LogP contribution is -2.13. The molecule has 0 saturated heterocycles. The highest BCUT2D eigenvalue weighted by Crippen LogP contribution is 2.26. The summed E-state index contributed by atoms with van der Waals surface area (Å²) in [6.45, 7) is 8.42. The molecule has 0 aliphatic carbocycles. The number of benzene rings is 1. The monoisotopic (exact) mass is 276 g/mol. The molecule has 1 heterocycles. The number of nitrogen functional groups attached to an aromatic ring is 1. The van der Waals surface area contributed by atoms with Gasteiger partial charge in [-0.1, -0.05) is 32.9 Å². The van der Waals surface area contributed by atoms with Crippen LogP contribution in [0.25, 0.3) is 0 Å². The Morgan fingerprint density at radius 1 is 1.32 bits per heavy atom. The van der Waals surface area contributed by atoms with Gasteiger partial charge in [0, 0.05) is 22.6 Å². The van der Waals surface area contributed by atoms with Crippen molar-refractivity contribution < 1.29 is 0 Å². The molecular weight excluding hydrogens is 256 g/mol. The minimum atomic E-state index is -0.0170. The van der Waals surface area contributed by atoms with Crippen LogP contribution in [0.15, 0.2) is 24.3 Å². The van der Waals surface area contributed by atoms with Crippen LogP contribution in [0.5, 0.6) is 0 Å². The molecule has 3 N–H and O–H groups in total. The Labute approximate surface area is 118 Å². The van der Waals surface area contributed by atoms with Gasteiger partial charge in [0.25, 0.3) is 0 Å². The molecule has 0 spiro atoms. The van der Waals surface area contributed by atoms with E-state index in [1.807, 2.05) is 18.2 Å². The molecule has 2 rings (SSSR count). The first kappa shape index (κ1) is 13.8. The third-order valence-electron chi connectivity index (χ3n) is 2.85. The van der Waals surface area contributed by atoms with E-state index in [-0.39, 0.29) is 11.5 Å². The summed E-state index contributed by atoms with van der Waals surface area (Å²) in [7, 11) is 0. The lowest BCUT2D eigenvalue weighted by Gasteiger charge is -2.14. The molecule has 0 bridgehead atoms. The standard InChI is InChI=1S/C14H20N4S/c1-9(10-6-5-7-11(15)8-10)16-13-17-12(18-19-13)14(2,3)4/h5-9H,15H2,1-4H3,(H,16,17,18). The maximum absolute atomic E-state index is 5.80. The van der Waals surface area contributed by atoms with Gasteiger partial charge in [-0.3, -0.25) is 0 Å². The molecule has 0 saturated carbocycles. The van der Waals surface area contributed by atoms with Gasteiger partial charge in [0.1, 0.15) is 5.82 Å². The van der Waals surface area contributed by atoms with Crippen LogP contribution >= 0.6 is 11.5 Å². The molecule has 1 unspecified atom stereocenters. The molecule has 2 aromatic rings. The number of rotatable bonds is 3. The predicted molar refractivity (Wildman–Crippen MR) is 81.5 cm³/mol. The van der Waals surface area contributed by atoms with E-state index in [2.05, 4.69) is 48.4 Å². The summed E-state index contributed by atoms with van der Waals surface area (Å²) in [5.41, 5.74) is 7.70. The minimum absolute atomic E-state index is 0.0170. The molecule has 19 heavy (non-hydrogen) atoms. The van der Waals surface area contributed by atoms with E-state index < -0.39 is 0 Å². The summed E-state index contributed by atoms with van der Waals surface area (Å²) >= 11 is 1.40. The van der Waals surface area contributed by atoms with Gasteiger partial charge in [-0.25, -0.2) is 4.98 Å². The van der Waals surface area contributed by atoms with Gasteiger partial charge in [-0.15, -0.1) is 0 Å². The fourth-order valence-corrected chi connectivity index (χ4v) is 2.53. The van der Waals surface area contributed by atoms with Gasteiger partial charge in [0.05, 0.1) is 6.04 Å². The molecule has 0 aliphatic rings. The van der Waals surface area contributed by atoms with E-state index >= 15 is 0 Å². The molecule has 1 aromatic heterocycles. The third-order valence-corrected chi connectivity index (χ3v) is 3.49. The zero-order valence-corrected chi connectivity index (χ0v) is 12.6. The number of nitrogens with one attached hydrogen (secondary N) is 1. The number of aromatic nitrogens is 2. The van der Waals surface area contributed by atoms with Crippen LogP contribution in [0.2, 0.25) is 0 Å². The zero-order chi connectivity index (χ0) is 14.0. The normalized spacial score (nSPS) is 13.3. The van der Waals surface area contributed by atoms with Crippen molar-refractivity contribution in [2.45, 2.75) is 39.2 Å². The number of hydrogen-bond donors (Lipinski definition) is 2. The van der Waals surface area contributed by atoms with Crippen LogP contribution in [-0.2, 0) is 5.41 Å². The van der Waals surface area contributed by atoms with E-state index in [0.717, 1.165) is 22.2 Å². The Hall–Kier alpha value is -1.62. The second-order valence-electron chi connectivity index (χ2n) is 5.71. The van der Waals surface area contributed by atoms with E-state index in [0.29, 0.717) is 0 Å². The molecule has 1 atom stereocenters. The highest BCUT2D eigenvalue weighted by molar-refractivity contribution is 7.09. The van der Waals surface area contributed by atoms with Crippen LogP contribution in [0.4, 0.5) is 10.8 Å². The van der Waals surface area contributed by atoms with Crippen LogP contribution in [0, 0.1) is 0 Å². The molecule has 0 fully saturated rings. The molecule has 102 valence electrons. The number of nitrogens with zero attached hydrogens (tertiary/aromatic N) is 2. The molecule has 0 radical (unpaired) electrons. The first-order valence-electron chi connectivity index (χ1n) is 6.32. The Bertz CT molecular complexity index is 557. The molecule has 0 amide bonds. The van der Waals surface area contributed by atoms with Crippen molar-refractivity contribution in [1.82, 2.24) is 9.36 Å². The number of hydrogen-bond acceptors (Lipinski definition) is 5. The van der Waals surface area contributed by atoms with Gasteiger partial charge in [-0.2, -0.15) is 4.37 Å². The highest BCUT2D eigenvalue weighted by Gasteiger charge is 2.20. The van der Waals surface area contributed by atoms with Crippen LogP contribution in [0.3, 0.4) is 0 Å². The molecule has 5 heteroatoms. The Morgan fingerprint density at radius 3 is 2.63 bits per heavy atom. The zero-order valence-electron chi connectivity index (χ0n) is 11.8. The second-order valence-corrected chi connectivity index (χ2v) is 6.46. The van der Waals surface area contributed by atoms with Crippen LogP contribution in [-0.4, -0.2) is 9.36 Å². The summed E-state index contributed by atoms with van der Waals surface area (Å²) in [6, 6.07) is 8.04. The van der Waals surface area contributed by atoms with Crippen molar-refractivity contribution in [1.29, 1.82) is 0 Å². The molecular formula is C14H20N4S. The van der Waals surface area contributed by atoms with Crippen LogP contribution < -0.4 is 11.1 Å². The van der Waals surface area contributed by atoms with Gasteiger partial charge in [0.15, 0.2) is 0 Å². The maximum Gasteiger partial charge on any atom is 0.203 e. The Balaban J connectivity index is 2.11. The van der Waals surface area contributed by atoms with E-state index in [9.17, 15) is 0 Å². The van der Waals surface area contributed by atoms with Gasteiger partial charge < -0.3 is 11.1 Å². The lowest BCUT2D eigenvalue weighted by atomic mass is 9.96. The van der Waals surface area contributed by atoms with Gasteiger partial charge >= 0.3 is 0 Å². The second kappa shape index (κ2) is 5.17. The van der Waals surface area contributed by atoms with Crippen molar-refractivity contribution in [3.8, 4) is 0 Å². The van der Waals surface area contributed by atoms with Gasteiger partial charge in [-0.05, 0) is 24.6 Å². The fourth-order valence-electron chi connectivity index (χ4n) is 1.68. The first-order valence-corrected chi connectivity index (χ1v) is 7.10. The fraction of sp³-hybridized carbons (Fsp3) is 0.429. The SMILES string of the molecule is CC(Nc1nc(C(C)(C)C)ns1)c1cccc(N)c1.